The van der Waals surface area contributed by atoms with Crippen molar-refractivity contribution in [3.63, 3.8) is 0 Å². The molecule has 4 rings (SSSR count). The highest BCUT2D eigenvalue weighted by atomic mass is 16.5. The van der Waals surface area contributed by atoms with Crippen LogP contribution in [0.2, 0.25) is 0 Å². The first-order valence-corrected chi connectivity index (χ1v) is 10.1. The molecule has 2 aliphatic rings. The van der Waals surface area contributed by atoms with Crippen LogP contribution in [0.15, 0.2) is 48.5 Å². The first-order valence-electron chi connectivity index (χ1n) is 10.1. The Morgan fingerprint density at radius 3 is 2.23 bits per heavy atom. The third-order valence-corrected chi connectivity index (χ3v) is 5.41. The minimum atomic E-state index is -1.07. The van der Waals surface area contributed by atoms with E-state index in [1.54, 1.807) is 0 Å². The molecule has 158 valence electrons. The summed E-state index contributed by atoms with van der Waals surface area (Å²) in [6.07, 6.45) is 0.963. The second kappa shape index (κ2) is 8.92. The monoisotopic (exact) mass is 418 g/mol. The van der Waals surface area contributed by atoms with Crippen LogP contribution in [0.5, 0.6) is 0 Å². The third kappa shape index (κ3) is 4.69. The first-order chi connectivity index (χ1) is 15.0. The van der Waals surface area contributed by atoms with Crippen molar-refractivity contribution in [3.8, 4) is 23.0 Å². The van der Waals surface area contributed by atoms with Crippen LogP contribution < -0.4 is 5.32 Å². The summed E-state index contributed by atoms with van der Waals surface area (Å²) >= 11 is 0. The van der Waals surface area contributed by atoms with E-state index in [4.69, 9.17) is 9.84 Å². The molecule has 7 heteroatoms. The topological polar surface area (TPSA) is 95.9 Å². The van der Waals surface area contributed by atoms with Gasteiger partial charge in [0.1, 0.15) is 13.2 Å². The highest BCUT2D eigenvalue weighted by Crippen LogP contribution is 2.44. The number of benzene rings is 2. The highest BCUT2D eigenvalue weighted by molar-refractivity contribution is 5.95. The molecular weight excluding hydrogens is 396 g/mol. The number of carboxylic acid groups (broad SMARTS) is 1. The molecule has 0 saturated heterocycles. The van der Waals surface area contributed by atoms with Crippen molar-refractivity contribution in [1.82, 2.24) is 10.2 Å². The van der Waals surface area contributed by atoms with E-state index in [1.165, 1.54) is 4.90 Å². The van der Waals surface area contributed by atoms with Crippen molar-refractivity contribution in [2.24, 2.45) is 0 Å². The van der Waals surface area contributed by atoms with Gasteiger partial charge >= 0.3 is 12.1 Å². The second-order valence-corrected chi connectivity index (χ2v) is 7.54. The van der Waals surface area contributed by atoms with Crippen molar-refractivity contribution in [2.75, 3.05) is 19.7 Å². The number of nitrogens with one attached hydrogen (secondary N) is 1. The van der Waals surface area contributed by atoms with Crippen molar-refractivity contribution >= 4 is 18.0 Å². The van der Waals surface area contributed by atoms with Crippen molar-refractivity contribution in [3.05, 3.63) is 59.7 Å². The molecule has 0 radical (unpaired) electrons. The molecule has 0 spiro atoms. The van der Waals surface area contributed by atoms with E-state index in [9.17, 15) is 14.4 Å². The van der Waals surface area contributed by atoms with Crippen LogP contribution in [0.4, 0.5) is 4.79 Å². The van der Waals surface area contributed by atoms with Crippen molar-refractivity contribution in [2.45, 2.75) is 24.8 Å². The van der Waals surface area contributed by atoms with Gasteiger partial charge < -0.3 is 20.1 Å². The van der Waals surface area contributed by atoms with E-state index in [2.05, 4.69) is 29.3 Å². The number of ether oxygens (including phenoxy) is 1. The number of rotatable bonds is 6. The minimum Gasteiger partial charge on any atom is -0.480 e. The SMILES string of the molecule is O=C(O)CN(C(=O)C#CCNC(=O)OCC1c2ccccc2-c2ccccc21)C1CC1. The zero-order valence-electron chi connectivity index (χ0n) is 16.8. The van der Waals surface area contributed by atoms with E-state index >= 15 is 0 Å². The van der Waals surface area contributed by atoms with Gasteiger partial charge in [-0.3, -0.25) is 9.59 Å². The number of hydrogen-bond acceptors (Lipinski definition) is 4. The summed E-state index contributed by atoms with van der Waals surface area (Å²) < 4.78 is 5.40. The number of aliphatic carboxylic acids is 1. The molecule has 7 nitrogen and oxygen atoms in total. The molecule has 0 unspecified atom stereocenters. The maximum Gasteiger partial charge on any atom is 0.407 e. The predicted octanol–water partition coefficient (Wildman–Crippen LogP) is 2.60. The molecule has 1 fully saturated rings. The average Bonchev–Trinajstić information content (AvgIpc) is 3.56. The predicted molar refractivity (Wildman–Crippen MR) is 113 cm³/mol. The molecule has 0 atom stereocenters. The molecule has 0 bridgehead atoms. The molecule has 0 aromatic heterocycles. The normalized spacial score (nSPS) is 13.9. The summed E-state index contributed by atoms with van der Waals surface area (Å²) in [6, 6.07) is 16.1. The number of carboxylic acids is 1. The van der Waals surface area contributed by atoms with Gasteiger partial charge in [0.05, 0.1) is 6.54 Å². The molecule has 1 saturated carbocycles. The van der Waals surface area contributed by atoms with Crippen LogP contribution in [-0.2, 0) is 14.3 Å². The first kappa shape index (κ1) is 20.5. The Hall–Kier alpha value is -3.79. The number of alkyl carbamates (subject to hydrolysis) is 1. The second-order valence-electron chi connectivity index (χ2n) is 7.54. The maximum absolute atomic E-state index is 12.1. The van der Waals surface area contributed by atoms with Crippen molar-refractivity contribution < 1.29 is 24.2 Å². The summed E-state index contributed by atoms with van der Waals surface area (Å²) in [5, 5.41) is 11.4. The molecule has 2 aromatic rings. The molecule has 0 heterocycles. The van der Waals surface area contributed by atoms with Crippen LogP contribution in [0.1, 0.15) is 29.9 Å². The molecule has 2 aromatic carbocycles. The number of carbonyl (C=O) groups is 3. The van der Waals surface area contributed by atoms with Crippen LogP contribution in [-0.4, -0.2) is 53.7 Å². The Kier molecular flexibility index (Phi) is 5.89. The Bertz CT molecular complexity index is 1040. The van der Waals surface area contributed by atoms with Crippen LogP contribution >= 0.6 is 0 Å². The van der Waals surface area contributed by atoms with E-state index < -0.39 is 18.0 Å². The van der Waals surface area contributed by atoms with Gasteiger partial charge in [-0.2, -0.15) is 0 Å². The van der Waals surface area contributed by atoms with E-state index in [0.717, 1.165) is 35.1 Å². The smallest absolute Gasteiger partial charge is 0.407 e. The Labute approximate surface area is 180 Å². The average molecular weight is 418 g/mol. The third-order valence-electron chi connectivity index (χ3n) is 5.41. The lowest BCUT2D eigenvalue weighted by Crippen LogP contribution is -2.36. The molecule has 31 heavy (non-hydrogen) atoms. The maximum atomic E-state index is 12.1. The number of carbonyl (C=O) groups excluding carboxylic acids is 2. The van der Waals surface area contributed by atoms with Gasteiger partial charge in [0.25, 0.3) is 5.91 Å². The number of hydrogen-bond donors (Lipinski definition) is 2. The van der Waals surface area contributed by atoms with E-state index in [-0.39, 0.29) is 31.7 Å². The van der Waals surface area contributed by atoms with Gasteiger partial charge in [0.2, 0.25) is 0 Å². The van der Waals surface area contributed by atoms with Crippen LogP contribution in [0.3, 0.4) is 0 Å². The van der Waals surface area contributed by atoms with Crippen LogP contribution in [0, 0.1) is 11.8 Å². The quantitative estimate of drug-likeness (QED) is 0.703. The number of amides is 2. The molecule has 2 amide bonds. The lowest BCUT2D eigenvalue weighted by molar-refractivity contribution is -0.142. The highest BCUT2D eigenvalue weighted by Gasteiger charge is 2.33. The van der Waals surface area contributed by atoms with E-state index in [1.807, 2.05) is 36.4 Å². The Morgan fingerprint density at radius 1 is 1.03 bits per heavy atom. The fraction of sp³-hybridized carbons (Fsp3) is 0.292. The Balaban J connectivity index is 1.29. The molecule has 2 aliphatic carbocycles. The zero-order chi connectivity index (χ0) is 21.8. The van der Waals surface area contributed by atoms with Gasteiger partial charge in [-0.05, 0) is 41.0 Å². The lowest BCUT2D eigenvalue weighted by atomic mass is 9.98. The number of fused-ring (bicyclic) bond motifs is 3. The summed E-state index contributed by atoms with van der Waals surface area (Å²) in [5.41, 5.74) is 4.55. The largest absolute Gasteiger partial charge is 0.480 e. The van der Waals surface area contributed by atoms with Crippen molar-refractivity contribution in [1.29, 1.82) is 0 Å². The Morgan fingerprint density at radius 2 is 1.65 bits per heavy atom. The van der Waals surface area contributed by atoms with Crippen LogP contribution in [0.25, 0.3) is 11.1 Å². The molecular formula is C24H22N2O5. The standard InChI is InChI=1S/C24H22N2O5/c27-22(26(14-23(28)29)16-11-12-16)10-5-13-25-24(30)31-15-21-19-8-3-1-6-17(19)18-7-2-4-9-20(18)21/h1-4,6-9,16,21H,11-15H2,(H,25,30)(H,28,29). The lowest BCUT2D eigenvalue weighted by Gasteiger charge is -2.16. The summed E-state index contributed by atoms with van der Waals surface area (Å²) in [5.74, 6) is 3.31. The summed E-state index contributed by atoms with van der Waals surface area (Å²) in [6.45, 7) is -0.230. The zero-order valence-corrected chi connectivity index (χ0v) is 16.8. The summed E-state index contributed by atoms with van der Waals surface area (Å²) in [4.78, 5) is 36.3. The van der Waals surface area contributed by atoms with Gasteiger partial charge in [-0.25, -0.2) is 4.79 Å². The summed E-state index contributed by atoms with van der Waals surface area (Å²) in [7, 11) is 0. The van der Waals surface area contributed by atoms with Gasteiger partial charge in [0, 0.05) is 12.0 Å². The molecule has 0 aliphatic heterocycles. The van der Waals surface area contributed by atoms with Gasteiger partial charge in [-0.1, -0.05) is 54.5 Å². The van der Waals surface area contributed by atoms with E-state index in [0.29, 0.717) is 0 Å². The fourth-order valence-electron chi connectivity index (χ4n) is 3.86. The minimum absolute atomic E-state index is 0.0334. The number of nitrogens with zero attached hydrogens (tertiary/aromatic N) is 1. The van der Waals surface area contributed by atoms with Gasteiger partial charge in [0.15, 0.2) is 0 Å². The fourth-order valence-corrected chi connectivity index (χ4v) is 3.86. The molecule has 2 N–H and O–H groups in total. The van der Waals surface area contributed by atoms with Gasteiger partial charge in [-0.15, -0.1) is 0 Å².